The molecule has 98 valence electrons. The summed E-state index contributed by atoms with van der Waals surface area (Å²) in [4.78, 5) is 23.5. The number of piperidine rings is 1. The highest BCUT2D eigenvalue weighted by Gasteiger charge is 2.28. The van der Waals surface area contributed by atoms with Crippen molar-refractivity contribution in [3.8, 4) is 0 Å². The summed E-state index contributed by atoms with van der Waals surface area (Å²) < 4.78 is 4.70. The lowest BCUT2D eigenvalue weighted by Gasteiger charge is -2.25. The molecule has 1 amide bonds. The number of carbonyl (C=O) groups excluding carboxylic acids is 2. The fourth-order valence-electron chi connectivity index (χ4n) is 1.98. The third-order valence-corrected chi connectivity index (χ3v) is 3.13. The predicted molar refractivity (Wildman–Crippen MR) is 64.4 cm³/mol. The van der Waals surface area contributed by atoms with Gasteiger partial charge in [0.15, 0.2) is 0 Å². The average molecular weight is 242 g/mol. The van der Waals surface area contributed by atoms with Crippen LogP contribution < -0.4 is 10.6 Å². The summed E-state index contributed by atoms with van der Waals surface area (Å²) in [5.74, 6) is -0.354. The van der Waals surface area contributed by atoms with Crippen LogP contribution in [0.1, 0.15) is 26.7 Å². The van der Waals surface area contributed by atoms with Crippen molar-refractivity contribution in [3.63, 3.8) is 0 Å². The van der Waals surface area contributed by atoms with Crippen molar-refractivity contribution in [2.24, 2.45) is 11.8 Å². The van der Waals surface area contributed by atoms with Crippen LogP contribution in [0.15, 0.2) is 0 Å². The van der Waals surface area contributed by atoms with E-state index < -0.39 is 6.04 Å². The number of carbonyl (C=O) groups is 2. The molecule has 0 aliphatic carbocycles. The molecule has 1 fully saturated rings. The van der Waals surface area contributed by atoms with Gasteiger partial charge in [-0.25, -0.2) is 4.79 Å². The molecule has 1 unspecified atom stereocenters. The van der Waals surface area contributed by atoms with Crippen LogP contribution in [-0.4, -0.2) is 38.1 Å². The molecule has 1 heterocycles. The highest BCUT2D eigenvalue weighted by Crippen LogP contribution is 2.13. The van der Waals surface area contributed by atoms with E-state index >= 15 is 0 Å². The van der Waals surface area contributed by atoms with Crippen LogP contribution in [0.5, 0.6) is 0 Å². The Labute approximate surface area is 102 Å². The second-order valence-corrected chi connectivity index (χ2v) is 4.78. The molecule has 5 heteroatoms. The summed E-state index contributed by atoms with van der Waals surface area (Å²) >= 11 is 0. The fraction of sp³-hybridized carbons (Fsp3) is 0.833. The molecule has 1 aliphatic heterocycles. The molecular weight excluding hydrogens is 220 g/mol. The van der Waals surface area contributed by atoms with Crippen LogP contribution >= 0.6 is 0 Å². The van der Waals surface area contributed by atoms with Crippen LogP contribution in [-0.2, 0) is 14.3 Å². The molecule has 0 spiro atoms. The first-order valence-electron chi connectivity index (χ1n) is 6.15. The van der Waals surface area contributed by atoms with E-state index in [4.69, 9.17) is 4.74 Å². The molecule has 5 nitrogen and oxygen atoms in total. The average Bonchev–Trinajstić information content (AvgIpc) is 2.35. The fourth-order valence-corrected chi connectivity index (χ4v) is 1.98. The Kier molecular flexibility index (Phi) is 5.41. The normalized spacial score (nSPS) is 18.8. The zero-order valence-corrected chi connectivity index (χ0v) is 10.8. The molecule has 1 atom stereocenters. The molecule has 1 rings (SSSR count). The van der Waals surface area contributed by atoms with E-state index in [1.165, 1.54) is 7.11 Å². The second kappa shape index (κ2) is 6.59. The lowest BCUT2D eigenvalue weighted by Crippen LogP contribution is -2.48. The highest BCUT2D eigenvalue weighted by molar-refractivity contribution is 5.85. The number of nitrogens with one attached hydrogen (secondary N) is 2. The van der Waals surface area contributed by atoms with Gasteiger partial charge in [-0.2, -0.15) is 0 Å². The molecular formula is C12H22N2O3. The molecule has 1 saturated heterocycles. The lowest BCUT2D eigenvalue weighted by atomic mass is 9.95. The van der Waals surface area contributed by atoms with Crippen LogP contribution in [0.4, 0.5) is 0 Å². The molecule has 0 aromatic heterocycles. The minimum atomic E-state index is -0.539. The number of methoxy groups -OCH3 is 1. The molecule has 0 radical (unpaired) electrons. The van der Waals surface area contributed by atoms with Crippen molar-refractivity contribution in [2.75, 3.05) is 20.2 Å². The molecule has 2 N–H and O–H groups in total. The summed E-state index contributed by atoms with van der Waals surface area (Å²) in [6.45, 7) is 5.51. The van der Waals surface area contributed by atoms with Crippen molar-refractivity contribution in [1.82, 2.24) is 10.6 Å². The van der Waals surface area contributed by atoms with Crippen molar-refractivity contribution < 1.29 is 14.3 Å². The van der Waals surface area contributed by atoms with E-state index in [1.54, 1.807) is 0 Å². The summed E-state index contributed by atoms with van der Waals surface area (Å²) in [5.41, 5.74) is 0. The maximum atomic E-state index is 12.0. The van der Waals surface area contributed by atoms with E-state index in [-0.39, 0.29) is 23.7 Å². The van der Waals surface area contributed by atoms with Gasteiger partial charge in [-0.15, -0.1) is 0 Å². The van der Waals surface area contributed by atoms with E-state index in [1.807, 2.05) is 13.8 Å². The largest absolute Gasteiger partial charge is 0.467 e. The van der Waals surface area contributed by atoms with Crippen LogP contribution in [0.2, 0.25) is 0 Å². The van der Waals surface area contributed by atoms with Crippen LogP contribution in [0, 0.1) is 11.8 Å². The Bertz CT molecular complexity index is 273. The first kappa shape index (κ1) is 14.0. The summed E-state index contributed by atoms with van der Waals surface area (Å²) in [6, 6.07) is -0.539. The van der Waals surface area contributed by atoms with Gasteiger partial charge >= 0.3 is 5.97 Å². The van der Waals surface area contributed by atoms with Gasteiger partial charge in [0.2, 0.25) is 5.91 Å². The lowest BCUT2D eigenvalue weighted by molar-refractivity contribution is -0.147. The van der Waals surface area contributed by atoms with Gasteiger partial charge in [-0.05, 0) is 31.8 Å². The Hall–Kier alpha value is -1.10. The number of ether oxygens (including phenoxy) is 1. The molecule has 0 bridgehead atoms. The summed E-state index contributed by atoms with van der Waals surface area (Å²) in [7, 11) is 1.34. The monoisotopic (exact) mass is 242 g/mol. The van der Waals surface area contributed by atoms with E-state index in [2.05, 4.69) is 10.6 Å². The van der Waals surface area contributed by atoms with Crippen LogP contribution in [0.25, 0.3) is 0 Å². The SMILES string of the molecule is COC(=O)C(NC(=O)C1CCNCC1)C(C)C. The molecule has 17 heavy (non-hydrogen) atoms. The van der Waals surface area contributed by atoms with E-state index in [0.717, 1.165) is 25.9 Å². The maximum Gasteiger partial charge on any atom is 0.328 e. The van der Waals surface area contributed by atoms with E-state index in [0.29, 0.717) is 0 Å². The predicted octanol–water partition coefficient (Wildman–Crippen LogP) is 0.300. The number of esters is 1. The number of rotatable bonds is 4. The standard InChI is InChI=1S/C12H22N2O3/c1-8(2)10(12(16)17-3)14-11(15)9-4-6-13-7-5-9/h8-10,13H,4-7H2,1-3H3,(H,14,15). The molecule has 0 saturated carbocycles. The van der Waals surface area contributed by atoms with Crippen LogP contribution in [0.3, 0.4) is 0 Å². The minimum Gasteiger partial charge on any atom is -0.467 e. The zero-order chi connectivity index (χ0) is 12.8. The van der Waals surface area contributed by atoms with Crippen molar-refractivity contribution in [2.45, 2.75) is 32.7 Å². The molecule has 0 aromatic carbocycles. The van der Waals surface area contributed by atoms with Gasteiger partial charge in [0.25, 0.3) is 0 Å². The van der Waals surface area contributed by atoms with Gasteiger partial charge in [-0.1, -0.05) is 13.8 Å². The van der Waals surface area contributed by atoms with Gasteiger partial charge in [0.1, 0.15) is 6.04 Å². The smallest absolute Gasteiger partial charge is 0.328 e. The first-order chi connectivity index (χ1) is 8.06. The Balaban J connectivity index is 2.54. The zero-order valence-electron chi connectivity index (χ0n) is 10.8. The number of amides is 1. The van der Waals surface area contributed by atoms with Gasteiger partial charge in [0, 0.05) is 5.92 Å². The number of hydrogen-bond donors (Lipinski definition) is 2. The maximum absolute atomic E-state index is 12.0. The van der Waals surface area contributed by atoms with Gasteiger partial charge < -0.3 is 15.4 Å². The summed E-state index contributed by atoms with van der Waals surface area (Å²) in [6.07, 6.45) is 1.66. The van der Waals surface area contributed by atoms with E-state index in [9.17, 15) is 9.59 Å². The van der Waals surface area contributed by atoms with Crippen molar-refractivity contribution in [3.05, 3.63) is 0 Å². The Morgan fingerprint density at radius 2 is 1.88 bits per heavy atom. The highest BCUT2D eigenvalue weighted by atomic mass is 16.5. The quantitative estimate of drug-likeness (QED) is 0.696. The summed E-state index contributed by atoms with van der Waals surface area (Å²) in [5, 5.41) is 6.00. The topological polar surface area (TPSA) is 67.4 Å². The Morgan fingerprint density at radius 1 is 1.29 bits per heavy atom. The van der Waals surface area contributed by atoms with Gasteiger partial charge in [0.05, 0.1) is 7.11 Å². The third-order valence-electron chi connectivity index (χ3n) is 3.13. The number of hydrogen-bond acceptors (Lipinski definition) is 4. The Morgan fingerprint density at radius 3 is 2.35 bits per heavy atom. The second-order valence-electron chi connectivity index (χ2n) is 4.78. The van der Waals surface area contributed by atoms with Crippen molar-refractivity contribution >= 4 is 11.9 Å². The molecule has 0 aromatic rings. The minimum absolute atomic E-state index is 0.0159. The third kappa shape index (κ3) is 4.00. The van der Waals surface area contributed by atoms with Gasteiger partial charge in [-0.3, -0.25) is 4.79 Å². The molecule has 1 aliphatic rings. The first-order valence-corrected chi connectivity index (χ1v) is 6.15. The van der Waals surface area contributed by atoms with Crippen molar-refractivity contribution in [1.29, 1.82) is 0 Å².